The number of likely N-dealkylation sites (N-methyl/N-ethyl adjacent to an activating group) is 1. The predicted molar refractivity (Wildman–Crippen MR) is 63.0 cm³/mol. The second kappa shape index (κ2) is 5.87. The van der Waals surface area contributed by atoms with Crippen molar-refractivity contribution in [3.63, 3.8) is 0 Å². The number of halogens is 1. The predicted octanol–water partition coefficient (Wildman–Crippen LogP) is 1.38. The van der Waals surface area contributed by atoms with Crippen LogP contribution in [0.15, 0.2) is 15.9 Å². The summed E-state index contributed by atoms with van der Waals surface area (Å²) in [6, 6.07) is 3.51. The summed E-state index contributed by atoms with van der Waals surface area (Å²) in [7, 11) is 0. The molecular formula is C9H11BrN2O2S. The minimum atomic E-state index is -0.225. The van der Waals surface area contributed by atoms with Crippen molar-refractivity contribution in [2.24, 2.45) is 0 Å². The van der Waals surface area contributed by atoms with Crippen LogP contribution in [0.25, 0.3) is 0 Å². The molecular weight excluding hydrogens is 280 g/mol. The monoisotopic (exact) mass is 290 g/mol. The van der Waals surface area contributed by atoms with Gasteiger partial charge < -0.3 is 10.6 Å². The summed E-state index contributed by atoms with van der Waals surface area (Å²) >= 11 is 4.60. The van der Waals surface area contributed by atoms with E-state index in [-0.39, 0.29) is 18.4 Å². The van der Waals surface area contributed by atoms with Crippen molar-refractivity contribution in [1.29, 1.82) is 0 Å². The topological polar surface area (TPSA) is 58.2 Å². The lowest BCUT2D eigenvalue weighted by Gasteiger charge is -2.03. The number of carbonyl (C=O) groups excluding carboxylic acids is 2. The van der Waals surface area contributed by atoms with E-state index in [1.165, 1.54) is 11.3 Å². The normalized spacial score (nSPS) is 9.73. The summed E-state index contributed by atoms with van der Waals surface area (Å²) in [5, 5.41) is 5.13. The van der Waals surface area contributed by atoms with Gasteiger partial charge in [-0.05, 0) is 35.0 Å². The number of hydrogen-bond acceptors (Lipinski definition) is 3. The van der Waals surface area contributed by atoms with E-state index >= 15 is 0 Å². The molecule has 1 aromatic rings. The van der Waals surface area contributed by atoms with Gasteiger partial charge in [-0.1, -0.05) is 0 Å². The maximum absolute atomic E-state index is 11.5. The summed E-state index contributed by atoms with van der Waals surface area (Å²) in [5.74, 6) is -0.404. The number of thiophene rings is 1. The summed E-state index contributed by atoms with van der Waals surface area (Å²) in [5.41, 5.74) is 0. The minimum absolute atomic E-state index is 0.0161. The molecule has 0 saturated heterocycles. The third-order valence-corrected chi connectivity index (χ3v) is 3.20. The number of nitrogens with one attached hydrogen (secondary N) is 2. The molecule has 0 aliphatic heterocycles. The van der Waals surface area contributed by atoms with Crippen molar-refractivity contribution in [3.8, 4) is 0 Å². The molecule has 4 nitrogen and oxygen atoms in total. The van der Waals surface area contributed by atoms with Gasteiger partial charge in [0.2, 0.25) is 5.91 Å². The fraction of sp³-hybridized carbons (Fsp3) is 0.333. The third kappa shape index (κ3) is 4.01. The van der Waals surface area contributed by atoms with Crippen molar-refractivity contribution >= 4 is 39.1 Å². The molecule has 15 heavy (non-hydrogen) atoms. The van der Waals surface area contributed by atoms with Gasteiger partial charge in [-0.3, -0.25) is 9.59 Å². The molecule has 0 spiro atoms. The lowest BCUT2D eigenvalue weighted by atomic mass is 10.4. The number of rotatable bonds is 4. The fourth-order valence-corrected chi connectivity index (χ4v) is 2.25. The Hall–Kier alpha value is -0.880. The van der Waals surface area contributed by atoms with Gasteiger partial charge in [0.15, 0.2) is 0 Å². The van der Waals surface area contributed by atoms with E-state index in [0.29, 0.717) is 11.4 Å². The standard InChI is InChI=1S/C9H11BrN2O2S/c1-2-11-8(13)5-12-9(14)6-3-4-7(10)15-6/h3-4H,2,5H2,1H3,(H,11,13)(H,12,14). The Morgan fingerprint density at radius 1 is 1.40 bits per heavy atom. The lowest BCUT2D eigenvalue weighted by Crippen LogP contribution is -2.36. The van der Waals surface area contributed by atoms with Crippen LogP contribution in [0.3, 0.4) is 0 Å². The van der Waals surface area contributed by atoms with Crippen LogP contribution in [0, 0.1) is 0 Å². The Kier molecular flexibility index (Phi) is 4.77. The quantitative estimate of drug-likeness (QED) is 0.880. The summed E-state index contributed by atoms with van der Waals surface area (Å²) in [6.45, 7) is 2.41. The van der Waals surface area contributed by atoms with Crippen molar-refractivity contribution in [2.45, 2.75) is 6.92 Å². The first-order valence-corrected chi connectivity index (χ1v) is 6.04. The molecule has 2 amide bonds. The first-order chi connectivity index (χ1) is 7.13. The average molecular weight is 291 g/mol. The van der Waals surface area contributed by atoms with Gasteiger partial charge >= 0.3 is 0 Å². The minimum Gasteiger partial charge on any atom is -0.355 e. The van der Waals surface area contributed by atoms with Crippen molar-refractivity contribution in [3.05, 3.63) is 20.8 Å². The summed E-state index contributed by atoms with van der Waals surface area (Å²) in [4.78, 5) is 23.1. The van der Waals surface area contributed by atoms with Crippen LogP contribution < -0.4 is 10.6 Å². The maximum atomic E-state index is 11.5. The zero-order chi connectivity index (χ0) is 11.3. The van der Waals surface area contributed by atoms with E-state index in [2.05, 4.69) is 26.6 Å². The molecule has 0 unspecified atom stereocenters. The highest BCUT2D eigenvalue weighted by Gasteiger charge is 2.09. The molecule has 0 fully saturated rings. The van der Waals surface area contributed by atoms with Crippen LogP contribution >= 0.6 is 27.3 Å². The van der Waals surface area contributed by atoms with Crippen LogP contribution in [0.5, 0.6) is 0 Å². The first kappa shape index (κ1) is 12.2. The molecule has 0 radical (unpaired) electrons. The fourth-order valence-electron chi connectivity index (χ4n) is 0.944. The van der Waals surface area contributed by atoms with Gasteiger partial charge in [0.25, 0.3) is 5.91 Å². The SMILES string of the molecule is CCNC(=O)CNC(=O)c1ccc(Br)s1. The summed E-state index contributed by atoms with van der Waals surface area (Å²) < 4.78 is 0.894. The highest BCUT2D eigenvalue weighted by molar-refractivity contribution is 9.11. The van der Waals surface area contributed by atoms with Gasteiger partial charge in [0.05, 0.1) is 15.2 Å². The second-order valence-electron chi connectivity index (χ2n) is 2.74. The molecule has 1 aromatic heterocycles. The number of hydrogen-bond donors (Lipinski definition) is 2. The third-order valence-electron chi connectivity index (χ3n) is 1.58. The zero-order valence-electron chi connectivity index (χ0n) is 8.17. The van der Waals surface area contributed by atoms with E-state index in [0.717, 1.165) is 3.79 Å². The molecule has 0 aliphatic carbocycles. The Bertz CT molecular complexity index is 365. The van der Waals surface area contributed by atoms with Crippen molar-refractivity contribution in [2.75, 3.05) is 13.1 Å². The Labute approximate surface area is 100 Å². The zero-order valence-corrected chi connectivity index (χ0v) is 10.6. The molecule has 0 aliphatic rings. The molecule has 0 aromatic carbocycles. The Morgan fingerprint density at radius 2 is 2.13 bits per heavy atom. The molecule has 6 heteroatoms. The number of amides is 2. The van der Waals surface area contributed by atoms with Crippen molar-refractivity contribution < 1.29 is 9.59 Å². The van der Waals surface area contributed by atoms with E-state index in [4.69, 9.17) is 0 Å². The van der Waals surface area contributed by atoms with E-state index in [9.17, 15) is 9.59 Å². The van der Waals surface area contributed by atoms with Gasteiger partial charge in [0.1, 0.15) is 0 Å². The van der Waals surface area contributed by atoms with Gasteiger partial charge in [-0.25, -0.2) is 0 Å². The molecule has 82 valence electrons. The van der Waals surface area contributed by atoms with E-state index < -0.39 is 0 Å². The smallest absolute Gasteiger partial charge is 0.261 e. The van der Waals surface area contributed by atoms with Gasteiger partial charge in [-0.2, -0.15) is 0 Å². The van der Waals surface area contributed by atoms with Crippen LogP contribution in [-0.2, 0) is 4.79 Å². The van der Waals surface area contributed by atoms with E-state index in [1.54, 1.807) is 12.1 Å². The second-order valence-corrected chi connectivity index (χ2v) is 5.20. The Morgan fingerprint density at radius 3 is 2.67 bits per heavy atom. The molecule has 0 bridgehead atoms. The highest BCUT2D eigenvalue weighted by atomic mass is 79.9. The summed E-state index contributed by atoms with van der Waals surface area (Å²) in [6.07, 6.45) is 0. The van der Waals surface area contributed by atoms with Crippen LogP contribution in [0.1, 0.15) is 16.6 Å². The number of carbonyl (C=O) groups is 2. The molecule has 0 saturated carbocycles. The Balaban J connectivity index is 2.40. The van der Waals surface area contributed by atoms with Crippen molar-refractivity contribution in [1.82, 2.24) is 10.6 Å². The van der Waals surface area contributed by atoms with Gasteiger partial charge in [-0.15, -0.1) is 11.3 Å². The highest BCUT2D eigenvalue weighted by Crippen LogP contribution is 2.21. The molecule has 1 rings (SSSR count). The largest absolute Gasteiger partial charge is 0.355 e. The molecule has 0 atom stereocenters. The van der Waals surface area contributed by atoms with Gasteiger partial charge in [0, 0.05) is 6.54 Å². The van der Waals surface area contributed by atoms with E-state index in [1.807, 2.05) is 6.92 Å². The molecule has 1 heterocycles. The average Bonchev–Trinajstić information content (AvgIpc) is 2.62. The molecule has 2 N–H and O–H groups in total. The van der Waals surface area contributed by atoms with Crippen LogP contribution in [0.2, 0.25) is 0 Å². The van der Waals surface area contributed by atoms with Crippen LogP contribution in [0.4, 0.5) is 0 Å². The maximum Gasteiger partial charge on any atom is 0.261 e. The van der Waals surface area contributed by atoms with Crippen LogP contribution in [-0.4, -0.2) is 24.9 Å². The lowest BCUT2D eigenvalue weighted by molar-refractivity contribution is -0.120. The first-order valence-electron chi connectivity index (χ1n) is 4.43.